The Bertz CT molecular complexity index is 568. The minimum atomic E-state index is -0.785. The van der Waals surface area contributed by atoms with Crippen LogP contribution in [0.25, 0.3) is 0 Å². The average Bonchev–Trinajstić information content (AvgIpc) is 3.20. The highest BCUT2D eigenvalue weighted by molar-refractivity contribution is 6.30. The van der Waals surface area contributed by atoms with E-state index in [9.17, 15) is 9.59 Å². The second-order valence-corrected chi connectivity index (χ2v) is 6.86. The Morgan fingerprint density at radius 2 is 1.73 bits per heavy atom. The van der Waals surface area contributed by atoms with E-state index >= 15 is 0 Å². The standard InChI is InChI=1S/C17H20ClNO3/c18-14-7-5-11(6-8-14)15(10-1-2-10)19-16(20)12-3-4-13(9-12)17(21)22/h5-8,10,12-13,15H,1-4,9H2,(H,19,20)(H,21,22)/t12-,13+,15?/m0/s1. The lowest BCUT2D eigenvalue weighted by atomic mass is 9.99. The van der Waals surface area contributed by atoms with E-state index in [4.69, 9.17) is 16.7 Å². The molecule has 2 N–H and O–H groups in total. The molecular weight excluding hydrogens is 302 g/mol. The lowest BCUT2D eigenvalue weighted by Gasteiger charge is -2.21. The zero-order valence-corrected chi connectivity index (χ0v) is 13.1. The van der Waals surface area contributed by atoms with Gasteiger partial charge in [-0.1, -0.05) is 23.7 Å². The van der Waals surface area contributed by atoms with Gasteiger partial charge in [0.2, 0.25) is 5.91 Å². The quantitative estimate of drug-likeness (QED) is 0.873. The van der Waals surface area contributed by atoms with Crippen molar-refractivity contribution in [2.45, 2.75) is 38.1 Å². The first kappa shape index (κ1) is 15.3. The Morgan fingerprint density at radius 1 is 1.09 bits per heavy atom. The van der Waals surface area contributed by atoms with Crippen LogP contribution >= 0.6 is 11.6 Å². The molecule has 22 heavy (non-hydrogen) atoms. The average molecular weight is 322 g/mol. The van der Waals surface area contributed by atoms with Crippen molar-refractivity contribution in [1.29, 1.82) is 0 Å². The van der Waals surface area contributed by atoms with Gasteiger partial charge in [0.05, 0.1) is 12.0 Å². The van der Waals surface area contributed by atoms with Crippen LogP contribution in [-0.4, -0.2) is 17.0 Å². The summed E-state index contributed by atoms with van der Waals surface area (Å²) < 4.78 is 0. The maximum atomic E-state index is 12.5. The van der Waals surface area contributed by atoms with Gasteiger partial charge in [-0.15, -0.1) is 0 Å². The molecule has 1 aromatic rings. The van der Waals surface area contributed by atoms with Crippen LogP contribution in [0.3, 0.4) is 0 Å². The van der Waals surface area contributed by atoms with Crippen LogP contribution < -0.4 is 5.32 Å². The summed E-state index contributed by atoms with van der Waals surface area (Å²) >= 11 is 5.92. The summed E-state index contributed by atoms with van der Waals surface area (Å²) in [5, 5.41) is 12.9. The molecule has 4 nitrogen and oxygen atoms in total. The first-order valence-electron chi connectivity index (χ1n) is 7.83. The molecular formula is C17H20ClNO3. The van der Waals surface area contributed by atoms with Crippen LogP contribution in [0, 0.1) is 17.8 Å². The number of aliphatic carboxylic acids is 1. The van der Waals surface area contributed by atoms with Gasteiger partial charge in [0.25, 0.3) is 0 Å². The van der Waals surface area contributed by atoms with E-state index < -0.39 is 5.97 Å². The van der Waals surface area contributed by atoms with E-state index in [1.165, 1.54) is 0 Å². The molecule has 3 rings (SSSR count). The van der Waals surface area contributed by atoms with Crippen LogP contribution in [0.15, 0.2) is 24.3 Å². The minimum Gasteiger partial charge on any atom is -0.481 e. The predicted octanol–water partition coefficient (Wildman–Crippen LogP) is 3.41. The maximum absolute atomic E-state index is 12.5. The monoisotopic (exact) mass is 321 g/mol. The minimum absolute atomic E-state index is 0.00407. The number of hydrogen-bond acceptors (Lipinski definition) is 2. The molecule has 5 heteroatoms. The fourth-order valence-electron chi connectivity index (χ4n) is 3.29. The SMILES string of the molecule is O=C(O)[C@@H]1CC[C@H](C(=O)NC(c2ccc(Cl)cc2)C2CC2)C1. The van der Waals surface area contributed by atoms with Crippen molar-refractivity contribution < 1.29 is 14.7 Å². The van der Waals surface area contributed by atoms with Crippen molar-refractivity contribution in [3.05, 3.63) is 34.9 Å². The fraction of sp³-hybridized carbons (Fsp3) is 0.529. The molecule has 1 unspecified atom stereocenters. The van der Waals surface area contributed by atoms with Crippen LogP contribution in [0.4, 0.5) is 0 Å². The summed E-state index contributed by atoms with van der Waals surface area (Å²) in [7, 11) is 0. The van der Waals surface area contributed by atoms with Gasteiger partial charge in [0.1, 0.15) is 0 Å². The van der Waals surface area contributed by atoms with Crippen molar-refractivity contribution in [2.24, 2.45) is 17.8 Å². The molecule has 0 heterocycles. The zero-order chi connectivity index (χ0) is 15.7. The van der Waals surface area contributed by atoms with Gasteiger partial charge in [-0.05, 0) is 55.7 Å². The Labute approximate surface area is 134 Å². The third-order valence-electron chi connectivity index (χ3n) is 4.77. The van der Waals surface area contributed by atoms with Gasteiger partial charge in [0.15, 0.2) is 0 Å². The normalized spacial score (nSPS) is 25.7. The smallest absolute Gasteiger partial charge is 0.306 e. The molecule has 0 aliphatic heterocycles. The van der Waals surface area contributed by atoms with Gasteiger partial charge in [-0.3, -0.25) is 9.59 Å². The molecule has 118 valence electrons. The Morgan fingerprint density at radius 3 is 2.27 bits per heavy atom. The molecule has 0 radical (unpaired) electrons. The highest BCUT2D eigenvalue weighted by Gasteiger charge is 2.38. The topological polar surface area (TPSA) is 66.4 Å². The largest absolute Gasteiger partial charge is 0.481 e. The first-order valence-corrected chi connectivity index (χ1v) is 8.21. The van der Waals surface area contributed by atoms with Gasteiger partial charge >= 0.3 is 5.97 Å². The van der Waals surface area contributed by atoms with E-state index in [1.54, 1.807) is 0 Å². The molecule has 0 aromatic heterocycles. The van der Waals surface area contributed by atoms with Gasteiger partial charge < -0.3 is 10.4 Å². The van der Waals surface area contributed by atoms with E-state index in [-0.39, 0.29) is 23.8 Å². The van der Waals surface area contributed by atoms with Crippen molar-refractivity contribution in [3.63, 3.8) is 0 Å². The number of rotatable bonds is 5. The number of hydrogen-bond donors (Lipinski definition) is 2. The third kappa shape index (κ3) is 3.43. The molecule has 1 amide bonds. The summed E-state index contributed by atoms with van der Waals surface area (Å²) in [6.07, 6.45) is 3.97. The summed E-state index contributed by atoms with van der Waals surface area (Å²) in [4.78, 5) is 23.5. The van der Waals surface area contributed by atoms with Crippen molar-refractivity contribution >= 4 is 23.5 Å². The van der Waals surface area contributed by atoms with E-state index in [0.717, 1.165) is 18.4 Å². The van der Waals surface area contributed by atoms with Gasteiger partial charge in [0, 0.05) is 10.9 Å². The Balaban J connectivity index is 1.65. The number of carboxylic acid groups (broad SMARTS) is 1. The van der Waals surface area contributed by atoms with Crippen LogP contribution in [0.1, 0.15) is 43.7 Å². The molecule has 0 saturated heterocycles. The summed E-state index contributed by atoms with van der Waals surface area (Å²) in [6.45, 7) is 0. The van der Waals surface area contributed by atoms with Crippen LogP contribution in [-0.2, 0) is 9.59 Å². The second-order valence-electron chi connectivity index (χ2n) is 6.42. The molecule has 2 aliphatic rings. The van der Waals surface area contributed by atoms with E-state index in [1.807, 2.05) is 24.3 Å². The van der Waals surface area contributed by atoms with Gasteiger partial charge in [-0.25, -0.2) is 0 Å². The third-order valence-corrected chi connectivity index (χ3v) is 5.02. The van der Waals surface area contributed by atoms with Crippen LogP contribution in [0.2, 0.25) is 5.02 Å². The number of benzene rings is 1. The van der Waals surface area contributed by atoms with Gasteiger partial charge in [-0.2, -0.15) is 0 Å². The summed E-state index contributed by atoms with van der Waals surface area (Å²) in [5.74, 6) is -0.843. The molecule has 0 bridgehead atoms. The molecule has 3 atom stereocenters. The lowest BCUT2D eigenvalue weighted by Crippen LogP contribution is -2.34. The number of halogens is 1. The molecule has 0 spiro atoms. The van der Waals surface area contributed by atoms with E-state index in [2.05, 4.69) is 5.32 Å². The molecule has 2 saturated carbocycles. The lowest BCUT2D eigenvalue weighted by molar-refractivity contribution is -0.141. The number of amides is 1. The predicted molar refractivity (Wildman–Crippen MR) is 83.5 cm³/mol. The first-order chi connectivity index (χ1) is 10.5. The number of nitrogens with one attached hydrogen (secondary N) is 1. The number of carbonyl (C=O) groups excluding carboxylic acids is 1. The zero-order valence-electron chi connectivity index (χ0n) is 12.3. The van der Waals surface area contributed by atoms with Crippen LogP contribution in [0.5, 0.6) is 0 Å². The van der Waals surface area contributed by atoms with E-state index in [0.29, 0.717) is 30.2 Å². The Kier molecular flexibility index (Phi) is 4.39. The highest BCUT2D eigenvalue weighted by Crippen LogP contribution is 2.42. The summed E-state index contributed by atoms with van der Waals surface area (Å²) in [5.41, 5.74) is 1.08. The summed E-state index contributed by atoms with van der Waals surface area (Å²) in [6, 6.07) is 7.62. The van der Waals surface area contributed by atoms with Crippen molar-refractivity contribution in [3.8, 4) is 0 Å². The fourth-order valence-corrected chi connectivity index (χ4v) is 3.41. The molecule has 1 aromatic carbocycles. The highest BCUT2D eigenvalue weighted by atomic mass is 35.5. The van der Waals surface area contributed by atoms with Crippen molar-refractivity contribution in [2.75, 3.05) is 0 Å². The molecule has 2 fully saturated rings. The van der Waals surface area contributed by atoms with Crippen molar-refractivity contribution in [1.82, 2.24) is 5.32 Å². The number of carbonyl (C=O) groups is 2. The second kappa shape index (κ2) is 6.29. The Hall–Kier alpha value is -1.55. The maximum Gasteiger partial charge on any atom is 0.306 e. The molecule has 2 aliphatic carbocycles. The number of carboxylic acids is 1.